The number of nitrogens with zero attached hydrogens (tertiary/aromatic N) is 6. The van der Waals surface area contributed by atoms with Gasteiger partial charge in [0.25, 0.3) is 5.69 Å². The number of aromatic nitrogens is 5. The maximum absolute atomic E-state index is 12.0. The van der Waals surface area contributed by atoms with Crippen LogP contribution in [0.3, 0.4) is 0 Å². The molecule has 5 unspecified atom stereocenters. The number of anilines is 3. The number of nitrogens with two attached hydrogens (primary N) is 3. The predicted octanol–water partition coefficient (Wildman–Crippen LogP) is 17.0. The minimum Gasteiger partial charge on any atom is 0 e. The first kappa shape index (κ1) is 91.0. The molecule has 540 valence electrons. The summed E-state index contributed by atoms with van der Waals surface area (Å²) in [5, 5.41) is 33.8. The average molecular weight is 1890 g/mol. The predicted molar refractivity (Wildman–Crippen MR) is 410 cm³/mol. The van der Waals surface area contributed by atoms with Crippen molar-refractivity contribution in [2.75, 3.05) is 16.8 Å². The van der Waals surface area contributed by atoms with Crippen LogP contribution in [0.5, 0.6) is 0 Å². The number of halogens is 3. The number of rotatable bonds is 10. The fourth-order valence-corrected chi connectivity index (χ4v) is 14.8. The van der Waals surface area contributed by atoms with E-state index in [1.165, 1.54) is 42.7 Å². The summed E-state index contributed by atoms with van der Waals surface area (Å²) in [5.41, 5.74) is 27.2. The van der Waals surface area contributed by atoms with Gasteiger partial charge < -0.3 is 49.7 Å². The summed E-state index contributed by atoms with van der Waals surface area (Å²) in [6, 6.07) is 9.91. The Morgan fingerprint density at radius 2 is 1.06 bits per heavy atom. The Labute approximate surface area is 677 Å². The molecule has 4 fully saturated rings. The number of allylic oxidation sites excluding steroid dienone is 1. The molecule has 9 N–H and O–H groups in total. The number of Topliss-reactive ketones (excluding diaryl/α,β-unsaturated/α-hetero) is 1. The molecular weight excluding hydrogens is 1780 g/mol. The van der Waals surface area contributed by atoms with Crippen molar-refractivity contribution in [2.24, 2.45) is 59.0 Å². The molecular formula is C74H106I3N10O9VY2-2. The second-order valence-corrected chi connectivity index (χ2v) is 64.1. The minimum atomic E-state index is -0.537. The monoisotopic (exact) mass is 1890 g/mol. The Morgan fingerprint density at radius 3 is 1.54 bits per heavy atom. The summed E-state index contributed by atoms with van der Waals surface area (Å²) < 4.78 is 10.8. The van der Waals surface area contributed by atoms with Crippen molar-refractivity contribution in [1.82, 2.24) is 24.9 Å². The fraction of sp³-hybridized carbons (Fsp3) is 0.568. The largest absolute Gasteiger partial charge is 0 e. The molecule has 99 heavy (non-hydrogen) atoms. The maximum atomic E-state index is 12.0. The van der Waals surface area contributed by atoms with Gasteiger partial charge in [0.15, 0.2) is 0 Å². The first-order valence-corrected chi connectivity index (χ1v) is 47.4. The van der Waals surface area contributed by atoms with Crippen molar-refractivity contribution in [2.45, 2.75) is 215 Å². The van der Waals surface area contributed by atoms with E-state index in [9.17, 15) is 34.7 Å². The normalized spacial score (nSPS) is 27.8. The number of amides is 1. The molecule has 0 saturated heterocycles. The zero-order chi connectivity index (χ0) is 72.0. The van der Waals surface area contributed by atoms with Gasteiger partial charge in [-0.25, -0.2) is 4.79 Å². The Hall–Kier alpha value is -2.24. The molecule has 0 spiro atoms. The molecule has 2 radical (unpaired) electrons. The topological polar surface area (TPSA) is 308 Å². The van der Waals surface area contributed by atoms with Gasteiger partial charge in [0.2, 0.25) is 0 Å². The van der Waals surface area contributed by atoms with Crippen LogP contribution in [0.2, 0.25) is 0 Å². The molecule has 5 aliphatic rings. The minimum absolute atomic E-state index is 0. The number of pyridine rings is 5. The van der Waals surface area contributed by atoms with Crippen molar-refractivity contribution in [1.29, 1.82) is 0 Å². The van der Waals surface area contributed by atoms with E-state index < -0.39 is 16.6 Å². The first-order chi connectivity index (χ1) is 45.6. The number of ketones is 1. The Morgan fingerprint density at radius 1 is 0.626 bits per heavy atom. The number of nitrogen functional groups attached to an aromatic ring is 2. The summed E-state index contributed by atoms with van der Waals surface area (Å²) >= 11 is 7.39. The Bertz CT molecular complexity index is 3310. The maximum Gasteiger partial charge on any atom is 0 e. The van der Waals surface area contributed by atoms with Crippen molar-refractivity contribution < 1.29 is 109 Å². The summed E-state index contributed by atoms with van der Waals surface area (Å²) in [5.74, 6) is 5.04. The molecule has 5 aliphatic carbocycles. The van der Waals surface area contributed by atoms with Gasteiger partial charge in [-0.15, -0.1) is 6.04 Å². The van der Waals surface area contributed by atoms with Crippen molar-refractivity contribution in [3.63, 3.8) is 0 Å². The Balaban J connectivity index is 0.000000317. The summed E-state index contributed by atoms with van der Waals surface area (Å²) in [6.45, 7) is 27.7. The van der Waals surface area contributed by atoms with Crippen molar-refractivity contribution in [3.05, 3.63) is 155 Å². The van der Waals surface area contributed by atoms with Crippen LogP contribution in [0.4, 0.5) is 27.5 Å². The smallest absolute Gasteiger partial charge is 0 e. The molecule has 17 atom stereocenters. The fourth-order valence-electron chi connectivity index (χ4n) is 14.8. The molecule has 1 amide bonds. The average Bonchev–Trinajstić information content (AvgIpc) is 0.826. The molecule has 0 aliphatic heterocycles. The number of esters is 1. The molecule has 10 rings (SSSR count). The molecule has 5 aromatic rings. The van der Waals surface area contributed by atoms with E-state index >= 15 is 0 Å². The van der Waals surface area contributed by atoms with Crippen LogP contribution in [0.15, 0.2) is 98.4 Å². The van der Waals surface area contributed by atoms with Crippen molar-refractivity contribution in [3.8, 4) is 0 Å². The van der Waals surface area contributed by atoms with Gasteiger partial charge in [-0.2, -0.15) is 17.8 Å². The second-order valence-electron chi connectivity index (χ2n) is 28.7. The zero-order valence-electron chi connectivity index (χ0n) is 60.2. The van der Waals surface area contributed by atoms with Crippen LogP contribution >= 0.6 is 59.9 Å². The van der Waals surface area contributed by atoms with E-state index in [1.807, 2.05) is 77.5 Å². The van der Waals surface area contributed by atoms with Gasteiger partial charge in [0, 0.05) is 122 Å². The third-order valence-electron chi connectivity index (χ3n) is 18.8. The van der Waals surface area contributed by atoms with Gasteiger partial charge in [0.05, 0.1) is 58.3 Å². The number of nitrogens with one attached hydrogen (secondary N) is 1. The zero-order valence-corrected chi connectivity index (χ0v) is 73.7. The van der Waals surface area contributed by atoms with Crippen LogP contribution < -0.4 is 22.5 Å². The van der Waals surface area contributed by atoms with Crippen LogP contribution in [-0.2, 0) is 95.8 Å². The van der Waals surface area contributed by atoms with E-state index in [2.05, 4.69) is 158 Å². The Kier molecular flexibility index (Phi) is 41.0. The molecule has 19 nitrogen and oxygen atoms in total. The summed E-state index contributed by atoms with van der Waals surface area (Å²) in [6.07, 6.45) is 32.0. The number of aliphatic hydroxyl groups excluding tert-OH is 2. The quantitative estimate of drug-likeness (QED) is 0.0249. The van der Waals surface area contributed by atoms with E-state index in [0.29, 0.717) is 77.4 Å². The molecule has 5 heterocycles. The number of ether oxygens (including phenoxy) is 2. The van der Waals surface area contributed by atoms with Gasteiger partial charge >= 0.3 is 76.9 Å². The number of nitro groups is 1. The van der Waals surface area contributed by atoms with E-state index in [4.69, 9.17) is 26.7 Å². The van der Waals surface area contributed by atoms with Gasteiger partial charge in [0.1, 0.15) is 23.7 Å². The molecule has 0 bridgehead atoms. The molecule has 5 aromatic heterocycles. The number of hydrogen-bond acceptors (Lipinski definition) is 17. The molecule has 25 heteroatoms. The van der Waals surface area contributed by atoms with Gasteiger partial charge in [-0.05, 0) is 177 Å². The number of carbonyl (C=O) groups is 3. The van der Waals surface area contributed by atoms with Crippen LogP contribution in [-0.4, -0.2) is 87.9 Å². The van der Waals surface area contributed by atoms with Gasteiger partial charge in [-0.3, -0.25) is 49.9 Å². The van der Waals surface area contributed by atoms with E-state index in [0.717, 1.165) is 66.6 Å². The third kappa shape index (κ3) is 30.6. The van der Waals surface area contributed by atoms with Crippen LogP contribution in [0.25, 0.3) is 5.57 Å². The second kappa shape index (κ2) is 44.7. The summed E-state index contributed by atoms with van der Waals surface area (Å²) in [7, 11) is 0. The van der Waals surface area contributed by atoms with E-state index in [1.54, 1.807) is 50.2 Å². The number of aliphatic hydroxyl groups is 2. The molecule has 0 aromatic carbocycles. The SMILES string of the molecule is CC(=O)Cc1cnccc1[C@@H]1C[C@H](C)[CH-][C@H](N)C1.CC(=O)OC1[C@H](C)CC(c2ccncc2N)C[C@@H]1C.C[C@@H]1C=C(c2ccncc2[N+](=O)[O-])C[C@H](C)[C@H]1O.C[C@@H]1CC(c2ccncc2NC(=O)OC(C)(C)C)C[C@H](C)C1O.C[C@@H]1[CH-][C@H](C)CC(c2ccncc2N)C1.[I][V]([I])[I].[Y].[Y]. The first-order valence-electron chi connectivity index (χ1n) is 33.9. The van der Waals surface area contributed by atoms with Crippen LogP contribution in [0, 0.1) is 76.2 Å². The number of hydrogen-bond donors (Lipinski definition) is 6. The summed E-state index contributed by atoms with van der Waals surface area (Å²) in [4.78, 5) is 65.0. The van der Waals surface area contributed by atoms with Crippen molar-refractivity contribution >= 4 is 106 Å². The molecule has 4 saturated carbocycles. The van der Waals surface area contributed by atoms with Crippen LogP contribution in [0.1, 0.15) is 212 Å². The third-order valence-corrected chi connectivity index (χ3v) is 18.8. The standard InChI is InChI=1S/C18H28N2O3.C15H22N2O2.C15H21N2O.C13H16N2O3.C13H19N2.3HI.V.2Y/c1-11-8-13(9-12(2)16(11)21)14-6-7-19-10-15(14)20-17(22)23-18(3,4)5;1-9-6-12(13-4-5-17-8-14(13)16)7-10(2)15(9)19-11(3)18;1-10-5-12(8-14(16)6-10)15-3-4-17-9-13(15)7-11(2)18;1-8-5-10(6-9(2)13(8)16)11-3-4-14-7-12(11)15(17)18;1-9-5-10(2)7-11(6-9)12-3-4-15-8-13(12)14;;;;;;/h6-7,10-13,16,21H,8-9H2,1-5H3,(H,20,22);4-5,8-10,12,15H,6-7,16H2,1-3H3;3-4,6,9-10,12,14H,5,7-8,16H2,1-2H3;3-5,7-9,13,16H,6H2,1-2H3;3-5,8-11H,6-7,14H2,1-2H3;3*1H;;;/q;;-1;;-1;;;;+3;;/p-3/t11-,12+,13?,16?;9-,10+,12?,15?;10-,12+,14-;8-,9+,13+;9-,10+,11?;;;;;;/m..01......./s1. The van der Waals surface area contributed by atoms with E-state index in [-0.39, 0.29) is 136 Å². The van der Waals surface area contributed by atoms with Gasteiger partial charge in [-0.1, -0.05) is 94.1 Å². The number of carbonyl (C=O) groups excluding carboxylic acids is 3.